The Morgan fingerprint density at radius 3 is 2.54 bits per heavy atom. The molecule has 72 valence electrons. The van der Waals surface area contributed by atoms with E-state index in [9.17, 15) is 0 Å². The summed E-state index contributed by atoms with van der Waals surface area (Å²) in [6.07, 6.45) is 1.51. The number of imidazole rings is 1. The smallest absolute Gasteiger partial charge is 0.259 e. The van der Waals surface area contributed by atoms with E-state index in [1.54, 1.807) is 0 Å². The van der Waals surface area contributed by atoms with Gasteiger partial charge in [0.2, 0.25) is 0 Å². The van der Waals surface area contributed by atoms with Crippen molar-refractivity contribution in [3.63, 3.8) is 0 Å². The van der Waals surface area contributed by atoms with Gasteiger partial charge in [0.05, 0.1) is 33.2 Å². The first-order chi connectivity index (χ1) is 6.11. The summed E-state index contributed by atoms with van der Waals surface area (Å²) in [5.41, 5.74) is 2.69. The van der Waals surface area contributed by atoms with Gasteiger partial charge < -0.3 is 4.74 Å². The highest BCUT2D eigenvalue weighted by molar-refractivity contribution is 5.07. The van der Waals surface area contributed by atoms with Crippen LogP contribution in [0.25, 0.3) is 0 Å². The number of hydrogen-bond acceptors (Lipinski definition) is 1. The van der Waals surface area contributed by atoms with Crippen LogP contribution in [0.5, 0.6) is 0 Å². The SMILES string of the molecule is Cc1c(C)[n+](C)c(CC2CO2)n1C. The zero-order chi connectivity index (χ0) is 9.59. The largest absolute Gasteiger partial charge is 0.372 e. The summed E-state index contributed by atoms with van der Waals surface area (Å²) in [6.45, 7) is 5.25. The summed E-state index contributed by atoms with van der Waals surface area (Å²) >= 11 is 0. The Morgan fingerprint density at radius 1 is 1.54 bits per heavy atom. The molecule has 0 N–H and O–H groups in total. The average molecular weight is 181 g/mol. The van der Waals surface area contributed by atoms with Crippen molar-refractivity contribution in [3.05, 3.63) is 17.2 Å². The maximum absolute atomic E-state index is 5.24. The van der Waals surface area contributed by atoms with Gasteiger partial charge in [-0.3, -0.25) is 0 Å². The van der Waals surface area contributed by atoms with Gasteiger partial charge in [0, 0.05) is 13.8 Å². The molecule has 1 aromatic rings. The van der Waals surface area contributed by atoms with Gasteiger partial charge in [0.25, 0.3) is 5.82 Å². The Hall–Kier alpha value is -0.830. The second-order valence-electron chi connectivity index (χ2n) is 3.86. The van der Waals surface area contributed by atoms with Crippen molar-refractivity contribution >= 4 is 0 Å². The van der Waals surface area contributed by atoms with Crippen molar-refractivity contribution in [2.75, 3.05) is 6.61 Å². The first-order valence-electron chi connectivity index (χ1n) is 4.73. The van der Waals surface area contributed by atoms with Gasteiger partial charge >= 0.3 is 0 Å². The molecule has 0 radical (unpaired) electrons. The highest BCUT2D eigenvalue weighted by Crippen LogP contribution is 2.15. The zero-order valence-corrected chi connectivity index (χ0v) is 8.79. The van der Waals surface area contributed by atoms with Gasteiger partial charge in [-0.15, -0.1) is 0 Å². The number of nitrogens with zero attached hydrogens (tertiary/aromatic N) is 2. The predicted octanol–water partition coefficient (Wildman–Crippen LogP) is 0.408. The Balaban J connectivity index is 2.36. The van der Waals surface area contributed by atoms with Crippen LogP contribution in [0.2, 0.25) is 0 Å². The number of ether oxygens (including phenoxy) is 1. The molecule has 3 heteroatoms. The van der Waals surface area contributed by atoms with Crippen LogP contribution in [0, 0.1) is 13.8 Å². The van der Waals surface area contributed by atoms with Crippen molar-refractivity contribution in [2.45, 2.75) is 26.4 Å². The minimum Gasteiger partial charge on any atom is -0.372 e. The average Bonchev–Trinajstić information content (AvgIpc) is 2.89. The molecule has 13 heavy (non-hydrogen) atoms. The Bertz CT molecular complexity index is 312. The maximum atomic E-state index is 5.24. The van der Waals surface area contributed by atoms with Crippen LogP contribution in [0.15, 0.2) is 0 Å². The maximum Gasteiger partial charge on any atom is 0.259 e. The second-order valence-corrected chi connectivity index (χ2v) is 3.86. The fourth-order valence-corrected chi connectivity index (χ4v) is 1.76. The van der Waals surface area contributed by atoms with Crippen LogP contribution in [0.3, 0.4) is 0 Å². The van der Waals surface area contributed by atoms with E-state index in [0.717, 1.165) is 13.0 Å². The standard InChI is InChI=1S/C10H17N2O/c1-7-8(2)12(4)10(11(7)3)5-9-6-13-9/h9H,5-6H2,1-4H3/q+1. The molecule has 1 aliphatic heterocycles. The van der Waals surface area contributed by atoms with E-state index in [4.69, 9.17) is 4.74 Å². The second kappa shape index (κ2) is 2.84. The molecule has 1 saturated heterocycles. The lowest BCUT2D eigenvalue weighted by atomic mass is 10.3. The van der Waals surface area contributed by atoms with E-state index in [1.165, 1.54) is 17.2 Å². The van der Waals surface area contributed by atoms with Gasteiger partial charge in [-0.05, 0) is 0 Å². The molecule has 0 saturated carbocycles. The summed E-state index contributed by atoms with van der Waals surface area (Å²) in [5, 5.41) is 0. The van der Waals surface area contributed by atoms with E-state index in [2.05, 4.69) is 37.1 Å². The van der Waals surface area contributed by atoms with Crippen molar-refractivity contribution < 1.29 is 9.30 Å². The van der Waals surface area contributed by atoms with Crippen LogP contribution in [0.1, 0.15) is 17.2 Å². The van der Waals surface area contributed by atoms with E-state index in [-0.39, 0.29) is 0 Å². The first-order valence-corrected chi connectivity index (χ1v) is 4.73. The summed E-state index contributed by atoms with van der Waals surface area (Å²) in [4.78, 5) is 0. The van der Waals surface area contributed by atoms with E-state index in [1.807, 2.05) is 0 Å². The molecule has 0 bridgehead atoms. The highest BCUT2D eigenvalue weighted by atomic mass is 16.6. The quantitative estimate of drug-likeness (QED) is 0.478. The lowest BCUT2D eigenvalue weighted by Crippen LogP contribution is -2.35. The summed E-state index contributed by atoms with van der Waals surface area (Å²) in [5.74, 6) is 1.36. The summed E-state index contributed by atoms with van der Waals surface area (Å²) in [6, 6.07) is 0. The molecule has 1 unspecified atom stereocenters. The van der Waals surface area contributed by atoms with Crippen LogP contribution >= 0.6 is 0 Å². The van der Waals surface area contributed by atoms with Crippen LogP contribution < -0.4 is 4.57 Å². The lowest BCUT2D eigenvalue weighted by Gasteiger charge is -1.95. The zero-order valence-electron chi connectivity index (χ0n) is 8.79. The molecule has 3 nitrogen and oxygen atoms in total. The molecular weight excluding hydrogens is 164 g/mol. The molecule has 0 aliphatic carbocycles. The van der Waals surface area contributed by atoms with Gasteiger partial charge in [0.15, 0.2) is 0 Å². The summed E-state index contributed by atoms with van der Waals surface area (Å²) in [7, 11) is 4.25. The highest BCUT2D eigenvalue weighted by Gasteiger charge is 2.30. The number of epoxide rings is 1. The van der Waals surface area contributed by atoms with Gasteiger partial charge in [0.1, 0.15) is 11.4 Å². The first kappa shape index (κ1) is 8.75. The number of hydrogen-bond donors (Lipinski definition) is 0. The van der Waals surface area contributed by atoms with E-state index in [0.29, 0.717) is 6.10 Å². The van der Waals surface area contributed by atoms with Crippen LogP contribution in [0.4, 0.5) is 0 Å². The Labute approximate surface area is 78.9 Å². The molecule has 1 aliphatic rings. The van der Waals surface area contributed by atoms with Crippen molar-refractivity contribution in [1.29, 1.82) is 0 Å². The third kappa shape index (κ3) is 1.37. The topological polar surface area (TPSA) is 21.3 Å². The van der Waals surface area contributed by atoms with Crippen molar-refractivity contribution in [2.24, 2.45) is 14.1 Å². The molecule has 2 heterocycles. The number of aromatic nitrogens is 2. The van der Waals surface area contributed by atoms with Crippen LogP contribution in [-0.4, -0.2) is 17.3 Å². The molecule has 2 rings (SSSR count). The third-order valence-electron chi connectivity index (χ3n) is 3.12. The Kier molecular flexibility index (Phi) is 1.91. The molecule has 1 aromatic heterocycles. The fraction of sp³-hybridized carbons (Fsp3) is 0.700. The third-order valence-corrected chi connectivity index (χ3v) is 3.12. The van der Waals surface area contributed by atoms with Crippen molar-refractivity contribution in [1.82, 2.24) is 4.57 Å². The summed E-state index contributed by atoms with van der Waals surface area (Å²) < 4.78 is 9.77. The molecular formula is C10H17N2O+. The molecule has 0 amide bonds. The molecule has 1 atom stereocenters. The molecule has 0 spiro atoms. The van der Waals surface area contributed by atoms with Crippen LogP contribution in [-0.2, 0) is 25.3 Å². The Morgan fingerprint density at radius 2 is 2.15 bits per heavy atom. The fourth-order valence-electron chi connectivity index (χ4n) is 1.76. The monoisotopic (exact) mass is 181 g/mol. The normalized spacial score (nSPS) is 20.8. The van der Waals surface area contributed by atoms with E-state index >= 15 is 0 Å². The van der Waals surface area contributed by atoms with Gasteiger partial charge in [-0.1, -0.05) is 0 Å². The van der Waals surface area contributed by atoms with Crippen molar-refractivity contribution in [3.8, 4) is 0 Å². The van der Waals surface area contributed by atoms with E-state index < -0.39 is 0 Å². The van der Waals surface area contributed by atoms with Gasteiger partial charge in [-0.2, -0.15) is 0 Å². The number of rotatable bonds is 2. The van der Waals surface area contributed by atoms with Gasteiger partial charge in [-0.25, -0.2) is 9.13 Å². The minimum absolute atomic E-state index is 0.471. The minimum atomic E-state index is 0.471. The predicted molar refractivity (Wildman–Crippen MR) is 49.5 cm³/mol. The lowest BCUT2D eigenvalue weighted by molar-refractivity contribution is -0.684. The molecule has 1 fully saturated rings. The molecule has 0 aromatic carbocycles.